The van der Waals surface area contributed by atoms with Crippen LogP contribution in [0.25, 0.3) is 11.4 Å². The van der Waals surface area contributed by atoms with Gasteiger partial charge in [-0.25, -0.2) is 9.37 Å². The van der Waals surface area contributed by atoms with Crippen LogP contribution in [0.2, 0.25) is 0 Å². The minimum absolute atomic E-state index is 0.0749. The lowest BCUT2D eigenvalue weighted by atomic mass is 9.85. The number of carbonyl (C=O) groups excluding carboxylic acids is 1. The van der Waals surface area contributed by atoms with Crippen molar-refractivity contribution in [2.45, 2.75) is 45.2 Å². The highest BCUT2D eigenvalue weighted by Gasteiger charge is 2.38. The van der Waals surface area contributed by atoms with Gasteiger partial charge in [0.25, 0.3) is 5.91 Å². The largest absolute Gasteiger partial charge is 0.388 e. The van der Waals surface area contributed by atoms with Crippen LogP contribution in [0.3, 0.4) is 0 Å². The summed E-state index contributed by atoms with van der Waals surface area (Å²) in [5.74, 6) is 1.25. The van der Waals surface area contributed by atoms with Crippen molar-refractivity contribution >= 4 is 11.6 Å². The number of alkyl halides is 1. The zero-order valence-electron chi connectivity index (χ0n) is 20.9. The number of likely N-dealkylation sites (tertiary alicyclic amines) is 1. The van der Waals surface area contributed by atoms with Crippen LogP contribution < -0.4 is 5.32 Å². The van der Waals surface area contributed by atoms with Crippen molar-refractivity contribution in [2.24, 2.45) is 0 Å². The number of aryl methyl sites for hydroxylation is 2. The van der Waals surface area contributed by atoms with Gasteiger partial charge in [0.2, 0.25) is 0 Å². The molecule has 4 rings (SSSR count). The van der Waals surface area contributed by atoms with Gasteiger partial charge in [-0.1, -0.05) is 25.1 Å². The smallest absolute Gasteiger partial charge is 0.254 e. The first-order chi connectivity index (χ1) is 16.9. The minimum atomic E-state index is -1.42. The van der Waals surface area contributed by atoms with Gasteiger partial charge in [0.1, 0.15) is 11.5 Å². The number of hydrogen-bond donors (Lipinski definition) is 2. The molecule has 0 atom stereocenters. The number of halogens is 1. The molecule has 3 aromatic rings. The summed E-state index contributed by atoms with van der Waals surface area (Å²) in [5.41, 5.74) is 3.65. The molecular weight excluding hydrogens is 445 g/mol. The summed E-state index contributed by atoms with van der Waals surface area (Å²) in [7, 11) is 3.49. The molecule has 8 heteroatoms. The molecule has 35 heavy (non-hydrogen) atoms. The molecule has 7 nitrogen and oxygen atoms in total. The predicted octanol–water partition coefficient (Wildman–Crippen LogP) is 4.67. The number of methoxy groups -OCH3 is 1. The first-order valence-electron chi connectivity index (χ1n) is 12.2. The van der Waals surface area contributed by atoms with Crippen molar-refractivity contribution in [2.75, 3.05) is 39.2 Å². The number of anilines is 1. The lowest BCUT2D eigenvalue weighted by Gasteiger charge is -2.37. The Hall–Kier alpha value is -3.26. The Balaban J connectivity index is 1.53. The normalized spacial score (nSPS) is 15.3. The number of H-pyrrole nitrogens is 1. The molecule has 1 fully saturated rings. The minimum Gasteiger partial charge on any atom is -0.388 e. The van der Waals surface area contributed by atoms with Crippen LogP contribution in [0.1, 0.15) is 52.6 Å². The highest BCUT2D eigenvalue weighted by Crippen LogP contribution is 2.38. The number of hydrogen-bond acceptors (Lipinski definition) is 5. The van der Waals surface area contributed by atoms with Gasteiger partial charge in [-0.05, 0) is 48.2 Å². The molecule has 0 unspecified atom stereocenters. The van der Waals surface area contributed by atoms with Gasteiger partial charge in [0, 0.05) is 63.3 Å². The van der Waals surface area contributed by atoms with Crippen molar-refractivity contribution in [3.63, 3.8) is 0 Å². The van der Waals surface area contributed by atoms with E-state index >= 15 is 4.39 Å². The molecule has 1 aromatic heterocycles. The number of ether oxygens (including phenoxy) is 1. The van der Waals surface area contributed by atoms with E-state index in [2.05, 4.69) is 27.4 Å². The maximum atomic E-state index is 15.7. The van der Waals surface area contributed by atoms with E-state index < -0.39 is 5.67 Å². The van der Waals surface area contributed by atoms with Gasteiger partial charge in [-0.3, -0.25) is 9.89 Å². The highest BCUT2D eigenvalue weighted by atomic mass is 19.1. The molecule has 0 saturated carbocycles. The third kappa shape index (κ3) is 5.22. The molecular formula is C27H34FN5O2. The second kappa shape index (κ2) is 10.6. The summed E-state index contributed by atoms with van der Waals surface area (Å²) >= 11 is 0. The number of carbonyl (C=O) groups is 1. The van der Waals surface area contributed by atoms with E-state index in [-0.39, 0.29) is 18.7 Å². The number of nitrogens with one attached hydrogen (secondary N) is 2. The van der Waals surface area contributed by atoms with Crippen molar-refractivity contribution < 1.29 is 13.9 Å². The number of benzene rings is 2. The van der Waals surface area contributed by atoms with E-state index in [9.17, 15) is 4.79 Å². The lowest BCUT2D eigenvalue weighted by molar-refractivity contribution is 0.0421. The van der Waals surface area contributed by atoms with E-state index in [0.717, 1.165) is 34.6 Å². The van der Waals surface area contributed by atoms with Crippen LogP contribution >= 0.6 is 0 Å². The fourth-order valence-corrected chi connectivity index (χ4v) is 4.68. The van der Waals surface area contributed by atoms with Crippen molar-refractivity contribution in [1.82, 2.24) is 20.1 Å². The topological polar surface area (TPSA) is 83.1 Å². The van der Waals surface area contributed by atoms with Crippen LogP contribution in [0.4, 0.5) is 10.1 Å². The molecule has 186 valence electrons. The SMILES string of the molecule is CCc1cc(C)c(C(=O)N2CCC(F)(c3ccc(NC)cc3)CC2)cc1-c1n[nH]c(CCOC)n1. The van der Waals surface area contributed by atoms with E-state index in [1.807, 2.05) is 50.4 Å². The summed E-state index contributed by atoms with van der Waals surface area (Å²) in [6.45, 7) is 5.32. The molecule has 1 saturated heterocycles. The average molecular weight is 480 g/mol. The van der Waals surface area contributed by atoms with Gasteiger partial charge in [-0.15, -0.1) is 0 Å². The van der Waals surface area contributed by atoms with E-state index in [0.29, 0.717) is 43.1 Å². The van der Waals surface area contributed by atoms with Crippen molar-refractivity contribution in [3.05, 3.63) is 64.5 Å². The first kappa shape index (κ1) is 24.9. The molecule has 1 amide bonds. The molecule has 0 spiro atoms. The zero-order valence-corrected chi connectivity index (χ0v) is 20.9. The standard InChI is InChI=1S/C27H34FN5O2/c1-5-19-16-18(2)22(17-23(19)25-30-24(31-32-25)10-15-35-4)26(34)33-13-11-27(28,12-14-33)20-6-8-21(29-3)9-7-20/h6-9,16-17,29H,5,10-15H2,1-4H3,(H,30,31,32). The van der Waals surface area contributed by atoms with E-state index in [4.69, 9.17) is 4.74 Å². The maximum Gasteiger partial charge on any atom is 0.254 e. The van der Waals surface area contributed by atoms with Gasteiger partial charge in [0.05, 0.1) is 6.61 Å². The predicted molar refractivity (Wildman–Crippen MR) is 135 cm³/mol. The Morgan fingerprint density at radius 3 is 2.57 bits per heavy atom. The molecule has 1 aliphatic heterocycles. The third-order valence-electron chi connectivity index (χ3n) is 6.91. The second-order valence-corrected chi connectivity index (χ2v) is 9.11. The van der Waals surface area contributed by atoms with Crippen LogP contribution in [0.5, 0.6) is 0 Å². The number of piperidine rings is 1. The first-order valence-corrected chi connectivity index (χ1v) is 12.2. The molecule has 1 aliphatic rings. The lowest BCUT2D eigenvalue weighted by Crippen LogP contribution is -2.43. The van der Waals surface area contributed by atoms with Crippen LogP contribution in [-0.4, -0.2) is 59.8 Å². The number of amides is 1. The van der Waals surface area contributed by atoms with Gasteiger partial charge < -0.3 is 15.0 Å². The third-order valence-corrected chi connectivity index (χ3v) is 6.91. The Morgan fingerprint density at radius 2 is 1.94 bits per heavy atom. The number of rotatable bonds is 8. The fraction of sp³-hybridized carbons (Fsp3) is 0.444. The number of nitrogens with zero attached hydrogens (tertiary/aromatic N) is 3. The Morgan fingerprint density at radius 1 is 1.23 bits per heavy atom. The summed E-state index contributed by atoms with van der Waals surface area (Å²) < 4.78 is 20.9. The van der Waals surface area contributed by atoms with E-state index in [1.165, 1.54) is 0 Å². The Kier molecular flexibility index (Phi) is 7.50. The summed E-state index contributed by atoms with van der Waals surface area (Å²) in [6, 6.07) is 11.4. The molecule has 2 N–H and O–H groups in total. The fourth-order valence-electron chi connectivity index (χ4n) is 4.68. The summed E-state index contributed by atoms with van der Waals surface area (Å²) in [5, 5.41) is 10.4. The van der Waals surface area contributed by atoms with Crippen molar-refractivity contribution in [3.8, 4) is 11.4 Å². The maximum absolute atomic E-state index is 15.7. The summed E-state index contributed by atoms with van der Waals surface area (Å²) in [4.78, 5) is 19.9. The van der Waals surface area contributed by atoms with Crippen LogP contribution in [0, 0.1) is 6.92 Å². The monoisotopic (exact) mass is 479 g/mol. The Bertz CT molecular complexity index is 1170. The molecule has 2 aromatic carbocycles. The quantitative estimate of drug-likeness (QED) is 0.490. The van der Waals surface area contributed by atoms with Crippen LogP contribution in [-0.2, 0) is 23.2 Å². The Labute approximate surface area is 206 Å². The van der Waals surface area contributed by atoms with Gasteiger partial charge in [0.15, 0.2) is 5.82 Å². The highest BCUT2D eigenvalue weighted by molar-refractivity contribution is 5.97. The molecule has 0 bridgehead atoms. The molecule has 0 aliphatic carbocycles. The van der Waals surface area contributed by atoms with Crippen molar-refractivity contribution in [1.29, 1.82) is 0 Å². The van der Waals surface area contributed by atoms with Crippen LogP contribution in [0.15, 0.2) is 36.4 Å². The van der Waals surface area contributed by atoms with Gasteiger partial charge in [-0.2, -0.15) is 5.10 Å². The van der Waals surface area contributed by atoms with Gasteiger partial charge >= 0.3 is 0 Å². The molecule has 0 radical (unpaired) electrons. The number of aromatic amines is 1. The van der Waals surface area contributed by atoms with E-state index in [1.54, 1.807) is 12.0 Å². The molecule has 2 heterocycles. The zero-order chi connectivity index (χ0) is 25.0. The second-order valence-electron chi connectivity index (χ2n) is 9.11. The average Bonchev–Trinajstić information content (AvgIpc) is 3.36. The number of aromatic nitrogens is 3. The summed E-state index contributed by atoms with van der Waals surface area (Å²) in [6.07, 6.45) is 1.99.